The van der Waals surface area contributed by atoms with Gasteiger partial charge in [-0.2, -0.15) is 0 Å². The lowest BCUT2D eigenvalue weighted by Crippen LogP contribution is -2.50. The van der Waals surface area contributed by atoms with Crippen LogP contribution in [0.25, 0.3) is 0 Å². The van der Waals surface area contributed by atoms with Crippen molar-refractivity contribution in [1.82, 2.24) is 4.90 Å². The summed E-state index contributed by atoms with van der Waals surface area (Å²) in [6.07, 6.45) is 4.22. The number of aryl methyl sites for hydroxylation is 1. The van der Waals surface area contributed by atoms with Gasteiger partial charge in [-0.1, -0.05) is 17.7 Å². The Balaban J connectivity index is 1.43. The first kappa shape index (κ1) is 20.1. The minimum absolute atomic E-state index is 0.0722. The van der Waals surface area contributed by atoms with Gasteiger partial charge in [-0.25, -0.2) is 0 Å². The average molecular weight is 418 g/mol. The number of rotatable bonds is 5. The lowest BCUT2D eigenvalue weighted by molar-refractivity contribution is 0.0114. The third kappa shape index (κ3) is 4.06. The molecule has 5 heteroatoms. The summed E-state index contributed by atoms with van der Waals surface area (Å²) in [6.45, 7) is 4.02. The van der Waals surface area contributed by atoms with Crippen LogP contribution in [0.3, 0.4) is 0 Å². The van der Waals surface area contributed by atoms with Crippen molar-refractivity contribution in [2.24, 2.45) is 0 Å². The molecule has 2 bridgehead atoms. The van der Waals surface area contributed by atoms with E-state index in [-0.39, 0.29) is 11.8 Å². The SMILES string of the molecule is Cc1cc([C@@H](O)[C@@H](C)N2C3CCC2CC(Sc2ccc(Cl)cc2)C3)ccc1O. The van der Waals surface area contributed by atoms with E-state index in [2.05, 4.69) is 24.0 Å². The third-order valence-corrected chi connectivity index (χ3v) is 7.87. The standard InChI is InChI=1S/C23H28ClNO2S/c1-14-11-16(3-10-22(14)26)23(27)15(2)25-18-6-7-19(25)13-21(12-18)28-20-8-4-17(24)5-9-20/h3-5,8-11,15,18-19,21,23,26-27H,6-7,12-13H2,1-2H3/t15-,18?,19?,21?,23+/m1/s1. The van der Waals surface area contributed by atoms with Crippen LogP contribution >= 0.6 is 23.4 Å². The van der Waals surface area contributed by atoms with Crippen LogP contribution in [-0.2, 0) is 0 Å². The first-order valence-corrected chi connectivity index (χ1v) is 11.4. The van der Waals surface area contributed by atoms with E-state index >= 15 is 0 Å². The zero-order valence-corrected chi connectivity index (χ0v) is 18.0. The molecule has 2 aromatic rings. The van der Waals surface area contributed by atoms with Crippen molar-refractivity contribution in [3.63, 3.8) is 0 Å². The molecule has 150 valence electrons. The van der Waals surface area contributed by atoms with Crippen molar-refractivity contribution in [3.8, 4) is 5.75 Å². The number of thioether (sulfide) groups is 1. The monoisotopic (exact) mass is 417 g/mol. The molecule has 4 rings (SSSR count). The van der Waals surface area contributed by atoms with E-state index in [0.29, 0.717) is 17.3 Å². The van der Waals surface area contributed by atoms with Gasteiger partial charge >= 0.3 is 0 Å². The van der Waals surface area contributed by atoms with Crippen molar-refractivity contribution in [2.75, 3.05) is 0 Å². The summed E-state index contributed by atoms with van der Waals surface area (Å²) in [6, 6.07) is 14.7. The van der Waals surface area contributed by atoms with E-state index in [1.54, 1.807) is 6.07 Å². The van der Waals surface area contributed by atoms with Crippen LogP contribution in [0, 0.1) is 6.92 Å². The van der Waals surface area contributed by atoms with E-state index in [9.17, 15) is 10.2 Å². The highest BCUT2D eigenvalue weighted by molar-refractivity contribution is 8.00. The number of halogens is 1. The van der Waals surface area contributed by atoms with Gasteiger partial charge in [-0.05, 0) is 87.1 Å². The van der Waals surface area contributed by atoms with Gasteiger partial charge in [0, 0.05) is 33.3 Å². The summed E-state index contributed by atoms with van der Waals surface area (Å²) < 4.78 is 0. The molecular formula is C23H28ClNO2S. The fraction of sp³-hybridized carbons (Fsp3) is 0.478. The largest absolute Gasteiger partial charge is 0.508 e. The minimum Gasteiger partial charge on any atom is -0.508 e. The molecule has 0 aliphatic carbocycles. The first-order chi connectivity index (χ1) is 13.4. The second-order valence-electron chi connectivity index (χ2n) is 8.23. The molecule has 0 spiro atoms. The Morgan fingerprint density at radius 2 is 1.71 bits per heavy atom. The molecule has 3 nitrogen and oxygen atoms in total. The first-order valence-electron chi connectivity index (χ1n) is 10.1. The van der Waals surface area contributed by atoms with Gasteiger partial charge in [0.25, 0.3) is 0 Å². The fourth-order valence-corrected chi connectivity index (χ4v) is 6.38. The number of phenols is 1. The van der Waals surface area contributed by atoms with Crippen LogP contribution in [0.2, 0.25) is 5.02 Å². The Kier molecular flexibility index (Phi) is 5.93. The number of hydrogen-bond acceptors (Lipinski definition) is 4. The number of hydrogen-bond donors (Lipinski definition) is 2. The molecule has 2 unspecified atom stereocenters. The molecule has 0 aromatic heterocycles. The topological polar surface area (TPSA) is 43.7 Å². The molecule has 2 aliphatic heterocycles. The molecule has 2 aromatic carbocycles. The van der Waals surface area contributed by atoms with Crippen molar-refractivity contribution in [3.05, 3.63) is 58.6 Å². The van der Waals surface area contributed by atoms with Crippen LogP contribution in [0.4, 0.5) is 0 Å². The zero-order chi connectivity index (χ0) is 19.8. The lowest BCUT2D eigenvalue weighted by Gasteiger charge is -2.44. The van der Waals surface area contributed by atoms with Crippen LogP contribution in [0.5, 0.6) is 5.75 Å². The Morgan fingerprint density at radius 3 is 2.32 bits per heavy atom. The molecule has 0 radical (unpaired) electrons. The van der Waals surface area contributed by atoms with E-state index in [1.165, 1.54) is 17.7 Å². The molecule has 2 aliphatic rings. The number of aliphatic hydroxyl groups excluding tert-OH is 1. The molecule has 4 atom stereocenters. The summed E-state index contributed by atoms with van der Waals surface area (Å²) in [5, 5.41) is 22.2. The van der Waals surface area contributed by atoms with E-state index < -0.39 is 6.10 Å². The summed E-state index contributed by atoms with van der Waals surface area (Å²) in [5.41, 5.74) is 1.70. The fourth-order valence-electron chi connectivity index (χ4n) is 4.93. The third-order valence-electron chi connectivity index (χ3n) is 6.35. The summed E-state index contributed by atoms with van der Waals surface area (Å²) in [7, 11) is 0. The number of aromatic hydroxyl groups is 1. The highest BCUT2D eigenvalue weighted by atomic mass is 35.5. The van der Waals surface area contributed by atoms with Gasteiger partial charge < -0.3 is 10.2 Å². The lowest BCUT2D eigenvalue weighted by atomic mass is 9.94. The Bertz CT molecular complexity index is 814. The summed E-state index contributed by atoms with van der Waals surface area (Å²) in [5.74, 6) is 0.281. The zero-order valence-electron chi connectivity index (χ0n) is 16.4. The maximum atomic E-state index is 11.0. The normalized spacial score (nSPS) is 26.9. The summed E-state index contributed by atoms with van der Waals surface area (Å²) in [4.78, 5) is 3.85. The molecule has 0 amide bonds. The van der Waals surface area contributed by atoms with Crippen molar-refractivity contribution < 1.29 is 10.2 Å². The van der Waals surface area contributed by atoms with Crippen molar-refractivity contribution in [2.45, 2.75) is 73.9 Å². The smallest absolute Gasteiger partial charge is 0.118 e. The predicted molar refractivity (Wildman–Crippen MR) is 116 cm³/mol. The molecule has 2 saturated heterocycles. The molecule has 2 fully saturated rings. The number of nitrogens with zero attached hydrogens (tertiary/aromatic N) is 1. The van der Waals surface area contributed by atoms with Gasteiger partial charge in [0.15, 0.2) is 0 Å². The van der Waals surface area contributed by atoms with Crippen molar-refractivity contribution in [1.29, 1.82) is 0 Å². The second-order valence-corrected chi connectivity index (χ2v) is 10.0. The molecule has 2 heterocycles. The minimum atomic E-state index is -0.539. The predicted octanol–water partition coefficient (Wildman–Crippen LogP) is 5.56. The number of fused-ring (bicyclic) bond motifs is 2. The van der Waals surface area contributed by atoms with Crippen LogP contribution in [-0.4, -0.2) is 38.5 Å². The molecule has 0 saturated carbocycles. The van der Waals surface area contributed by atoms with Gasteiger partial charge in [-0.3, -0.25) is 4.90 Å². The number of aliphatic hydroxyl groups is 1. The molecule has 2 N–H and O–H groups in total. The van der Waals surface area contributed by atoms with E-state index in [0.717, 1.165) is 29.0 Å². The van der Waals surface area contributed by atoms with Gasteiger partial charge in [0.1, 0.15) is 5.75 Å². The second kappa shape index (κ2) is 8.27. The maximum absolute atomic E-state index is 11.0. The van der Waals surface area contributed by atoms with Crippen molar-refractivity contribution >= 4 is 23.4 Å². The highest BCUT2D eigenvalue weighted by Crippen LogP contribution is 2.45. The Morgan fingerprint density at radius 1 is 1.07 bits per heavy atom. The van der Waals surface area contributed by atoms with E-state index in [4.69, 9.17) is 11.6 Å². The number of benzene rings is 2. The van der Waals surface area contributed by atoms with Crippen LogP contribution in [0.15, 0.2) is 47.4 Å². The molecule has 28 heavy (non-hydrogen) atoms. The maximum Gasteiger partial charge on any atom is 0.118 e. The van der Waals surface area contributed by atoms with Crippen LogP contribution in [0.1, 0.15) is 49.8 Å². The Labute approximate surface area is 176 Å². The Hall–Kier alpha value is -1.20. The highest BCUT2D eigenvalue weighted by Gasteiger charge is 2.44. The number of phenolic OH excluding ortho intramolecular Hbond substituents is 1. The molecular weight excluding hydrogens is 390 g/mol. The summed E-state index contributed by atoms with van der Waals surface area (Å²) >= 11 is 7.98. The van der Waals surface area contributed by atoms with Crippen LogP contribution < -0.4 is 0 Å². The van der Waals surface area contributed by atoms with Gasteiger partial charge in [-0.15, -0.1) is 11.8 Å². The van der Waals surface area contributed by atoms with Gasteiger partial charge in [0.2, 0.25) is 0 Å². The number of piperidine rings is 1. The quantitative estimate of drug-likeness (QED) is 0.668. The van der Waals surface area contributed by atoms with E-state index in [1.807, 2.05) is 43.0 Å². The average Bonchev–Trinajstić information content (AvgIpc) is 2.95. The van der Waals surface area contributed by atoms with Gasteiger partial charge in [0.05, 0.1) is 6.10 Å².